The van der Waals surface area contributed by atoms with Gasteiger partial charge in [0.2, 0.25) is 0 Å². The average Bonchev–Trinajstić information content (AvgIpc) is 2.24. The Balaban J connectivity index is 2.53. The summed E-state index contributed by atoms with van der Waals surface area (Å²) in [5.41, 5.74) is 2.00. The van der Waals surface area contributed by atoms with Crippen molar-refractivity contribution in [3.05, 3.63) is 29.8 Å². The highest BCUT2D eigenvalue weighted by molar-refractivity contribution is 5.26. The van der Waals surface area contributed by atoms with Crippen molar-refractivity contribution in [2.75, 3.05) is 7.11 Å². The number of hydrogen-bond donors (Lipinski definition) is 1. The zero-order valence-corrected chi connectivity index (χ0v) is 12.7. The lowest BCUT2D eigenvalue weighted by Crippen LogP contribution is -2.94. The molecular formula is C16H28NO+. The van der Waals surface area contributed by atoms with E-state index >= 15 is 0 Å². The van der Waals surface area contributed by atoms with Crippen molar-refractivity contribution in [2.45, 2.75) is 53.1 Å². The molecule has 0 aliphatic heterocycles. The van der Waals surface area contributed by atoms with E-state index < -0.39 is 0 Å². The van der Waals surface area contributed by atoms with Crippen molar-refractivity contribution in [3.8, 4) is 5.75 Å². The number of ether oxygens (including phenoxy) is 1. The van der Waals surface area contributed by atoms with Crippen molar-refractivity contribution < 1.29 is 10.1 Å². The molecule has 0 aromatic heterocycles. The van der Waals surface area contributed by atoms with E-state index in [2.05, 4.69) is 52.1 Å². The molecule has 102 valence electrons. The Morgan fingerprint density at radius 3 is 2.00 bits per heavy atom. The summed E-state index contributed by atoms with van der Waals surface area (Å²) in [5, 5.41) is 2.43. The van der Waals surface area contributed by atoms with Crippen LogP contribution in [0.1, 0.15) is 46.6 Å². The molecule has 0 amide bonds. The fraction of sp³-hybridized carbons (Fsp3) is 0.625. The Bertz CT molecular complexity index is 360. The van der Waals surface area contributed by atoms with Crippen LogP contribution in [-0.4, -0.2) is 12.6 Å². The standard InChI is InChI=1S/C16H27NO/c1-15(2,3)12-16(4,5)17-11-13-7-9-14(18-6)10-8-13/h7-10,17H,11-12H2,1-6H3/p+1. The number of hydrogen-bond acceptors (Lipinski definition) is 1. The van der Waals surface area contributed by atoms with Crippen molar-refractivity contribution in [2.24, 2.45) is 5.41 Å². The molecule has 0 saturated heterocycles. The number of benzene rings is 1. The zero-order valence-electron chi connectivity index (χ0n) is 12.7. The maximum atomic E-state index is 5.17. The van der Waals surface area contributed by atoms with Crippen LogP contribution in [0.4, 0.5) is 0 Å². The van der Waals surface area contributed by atoms with Crippen LogP contribution in [-0.2, 0) is 6.54 Å². The van der Waals surface area contributed by atoms with Gasteiger partial charge in [-0.1, -0.05) is 20.8 Å². The second-order valence-electron chi connectivity index (χ2n) is 6.98. The Morgan fingerprint density at radius 2 is 1.56 bits per heavy atom. The van der Waals surface area contributed by atoms with Crippen LogP contribution >= 0.6 is 0 Å². The lowest BCUT2D eigenvalue weighted by atomic mass is 9.82. The largest absolute Gasteiger partial charge is 0.497 e. The SMILES string of the molecule is COc1ccc(C[NH2+]C(C)(C)CC(C)(C)C)cc1. The van der Waals surface area contributed by atoms with Gasteiger partial charge in [0.15, 0.2) is 0 Å². The fourth-order valence-electron chi connectivity index (χ4n) is 2.59. The molecule has 0 atom stereocenters. The Kier molecular flexibility index (Phi) is 4.80. The zero-order chi connectivity index (χ0) is 13.8. The third-order valence-electron chi connectivity index (χ3n) is 3.04. The minimum atomic E-state index is 0.276. The van der Waals surface area contributed by atoms with E-state index in [4.69, 9.17) is 4.74 Å². The first-order valence-electron chi connectivity index (χ1n) is 6.69. The summed E-state index contributed by atoms with van der Waals surface area (Å²) >= 11 is 0. The molecule has 2 heteroatoms. The van der Waals surface area contributed by atoms with Crippen molar-refractivity contribution in [1.82, 2.24) is 0 Å². The first-order chi connectivity index (χ1) is 8.22. The molecule has 1 rings (SSSR count). The molecule has 0 aliphatic rings. The van der Waals surface area contributed by atoms with E-state index in [1.807, 2.05) is 12.1 Å². The summed E-state index contributed by atoms with van der Waals surface area (Å²) in [7, 11) is 1.70. The van der Waals surface area contributed by atoms with Gasteiger partial charge < -0.3 is 10.1 Å². The van der Waals surface area contributed by atoms with Gasteiger partial charge in [0.1, 0.15) is 12.3 Å². The van der Waals surface area contributed by atoms with Gasteiger partial charge in [0.25, 0.3) is 0 Å². The molecule has 0 unspecified atom stereocenters. The summed E-state index contributed by atoms with van der Waals surface area (Å²) in [5.74, 6) is 0.924. The lowest BCUT2D eigenvalue weighted by molar-refractivity contribution is -0.737. The average molecular weight is 250 g/mol. The minimum absolute atomic E-state index is 0.276. The van der Waals surface area contributed by atoms with Crippen LogP contribution in [0.25, 0.3) is 0 Å². The molecule has 0 heterocycles. The molecule has 18 heavy (non-hydrogen) atoms. The lowest BCUT2D eigenvalue weighted by Gasteiger charge is -2.30. The van der Waals surface area contributed by atoms with E-state index in [-0.39, 0.29) is 5.54 Å². The second kappa shape index (κ2) is 5.75. The molecule has 0 fully saturated rings. The van der Waals surface area contributed by atoms with Crippen LogP contribution in [0.3, 0.4) is 0 Å². The molecule has 0 saturated carbocycles. The smallest absolute Gasteiger partial charge is 0.118 e. The molecule has 2 N–H and O–H groups in total. The highest BCUT2D eigenvalue weighted by Crippen LogP contribution is 2.24. The number of quaternary nitrogens is 1. The van der Waals surface area contributed by atoms with Gasteiger partial charge in [-0.25, -0.2) is 0 Å². The van der Waals surface area contributed by atoms with Gasteiger partial charge in [-0.15, -0.1) is 0 Å². The van der Waals surface area contributed by atoms with Crippen LogP contribution in [0.5, 0.6) is 5.75 Å². The van der Waals surface area contributed by atoms with Crippen LogP contribution < -0.4 is 10.1 Å². The Hall–Kier alpha value is -1.02. The number of methoxy groups -OCH3 is 1. The van der Waals surface area contributed by atoms with Gasteiger partial charge in [0.05, 0.1) is 12.6 Å². The monoisotopic (exact) mass is 250 g/mol. The normalized spacial score (nSPS) is 12.6. The van der Waals surface area contributed by atoms with Gasteiger partial charge in [-0.3, -0.25) is 0 Å². The second-order valence-corrected chi connectivity index (χ2v) is 6.98. The summed E-state index contributed by atoms with van der Waals surface area (Å²) in [4.78, 5) is 0. The minimum Gasteiger partial charge on any atom is -0.497 e. The predicted molar refractivity (Wildman–Crippen MR) is 76.8 cm³/mol. The van der Waals surface area contributed by atoms with Gasteiger partial charge >= 0.3 is 0 Å². The Labute approximate surface area is 112 Å². The predicted octanol–water partition coefficient (Wildman–Crippen LogP) is 2.97. The van der Waals surface area contributed by atoms with Crippen LogP contribution in [0.15, 0.2) is 24.3 Å². The molecule has 0 bridgehead atoms. The maximum absolute atomic E-state index is 5.17. The van der Waals surface area contributed by atoms with E-state index in [0.717, 1.165) is 12.3 Å². The maximum Gasteiger partial charge on any atom is 0.118 e. The van der Waals surface area contributed by atoms with E-state index in [1.54, 1.807) is 7.11 Å². The molecule has 1 aromatic rings. The highest BCUT2D eigenvalue weighted by atomic mass is 16.5. The molecule has 1 aromatic carbocycles. The third-order valence-corrected chi connectivity index (χ3v) is 3.04. The van der Waals surface area contributed by atoms with Gasteiger partial charge in [-0.2, -0.15) is 0 Å². The van der Waals surface area contributed by atoms with Gasteiger partial charge in [0, 0.05) is 12.0 Å². The molecule has 0 aliphatic carbocycles. The summed E-state index contributed by atoms with van der Waals surface area (Å²) in [6.07, 6.45) is 1.20. The topological polar surface area (TPSA) is 25.8 Å². The highest BCUT2D eigenvalue weighted by Gasteiger charge is 2.28. The Morgan fingerprint density at radius 1 is 1.00 bits per heavy atom. The van der Waals surface area contributed by atoms with Crippen molar-refractivity contribution in [1.29, 1.82) is 0 Å². The third kappa shape index (κ3) is 5.54. The summed E-state index contributed by atoms with van der Waals surface area (Å²) < 4.78 is 5.17. The van der Waals surface area contributed by atoms with E-state index in [9.17, 15) is 0 Å². The first-order valence-corrected chi connectivity index (χ1v) is 6.69. The van der Waals surface area contributed by atoms with Crippen molar-refractivity contribution >= 4 is 0 Å². The van der Waals surface area contributed by atoms with Crippen molar-refractivity contribution in [3.63, 3.8) is 0 Å². The van der Waals surface area contributed by atoms with Crippen LogP contribution in [0, 0.1) is 5.41 Å². The number of rotatable bonds is 5. The molecular weight excluding hydrogens is 222 g/mol. The molecule has 2 nitrogen and oxygen atoms in total. The quantitative estimate of drug-likeness (QED) is 0.854. The van der Waals surface area contributed by atoms with Crippen LogP contribution in [0.2, 0.25) is 0 Å². The van der Waals surface area contributed by atoms with Gasteiger partial charge in [-0.05, 0) is 43.5 Å². The number of nitrogens with two attached hydrogens (primary N) is 1. The molecule has 0 spiro atoms. The summed E-state index contributed by atoms with van der Waals surface area (Å²) in [6, 6.07) is 8.34. The summed E-state index contributed by atoms with van der Waals surface area (Å²) in [6.45, 7) is 12.6. The first kappa shape index (κ1) is 15.0. The fourth-order valence-corrected chi connectivity index (χ4v) is 2.59. The van der Waals surface area contributed by atoms with E-state index in [0.29, 0.717) is 5.41 Å². The van der Waals surface area contributed by atoms with E-state index in [1.165, 1.54) is 12.0 Å². The molecule has 0 radical (unpaired) electrons.